The van der Waals surface area contributed by atoms with Crippen molar-refractivity contribution in [1.82, 2.24) is 4.98 Å². The van der Waals surface area contributed by atoms with Crippen molar-refractivity contribution in [1.29, 1.82) is 0 Å². The summed E-state index contributed by atoms with van der Waals surface area (Å²) in [6.07, 6.45) is 19.5. The molecule has 2 nitrogen and oxygen atoms in total. The van der Waals surface area contributed by atoms with Gasteiger partial charge < -0.3 is 4.74 Å². The maximum Gasteiger partial charge on any atom is 0.165 e. The number of rotatable bonds is 17. The Morgan fingerprint density at radius 2 is 1.39 bits per heavy atom. The average molecular weight is 428 g/mol. The summed E-state index contributed by atoms with van der Waals surface area (Å²) < 4.78 is 20.1. The minimum absolute atomic E-state index is 0.307. The predicted octanol–water partition coefficient (Wildman–Crippen LogP) is 8.92. The van der Waals surface area contributed by atoms with E-state index in [0.717, 1.165) is 30.5 Å². The van der Waals surface area contributed by atoms with E-state index in [1.807, 2.05) is 18.3 Å². The highest BCUT2D eigenvalue weighted by molar-refractivity contribution is 5.60. The van der Waals surface area contributed by atoms with Crippen molar-refractivity contribution >= 4 is 0 Å². The molecule has 0 unspecified atom stereocenters. The van der Waals surface area contributed by atoms with Crippen LogP contribution < -0.4 is 4.74 Å². The quantitative estimate of drug-likeness (QED) is 0.235. The van der Waals surface area contributed by atoms with E-state index >= 15 is 0 Å². The van der Waals surface area contributed by atoms with E-state index in [1.54, 1.807) is 6.07 Å². The number of hydrogen-bond acceptors (Lipinski definition) is 2. The molecule has 3 heteroatoms. The van der Waals surface area contributed by atoms with E-state index in [0.29, 0.717) is 12.4 Å². The molecule has 0 aliphatic carbocycles. The summed E-state index contributed by atoms with van der Waals surface area (Å²) in [5, 5.41) is 0. The lowest BCUT2D eigenvalue weighted by atomic mass is 10.1. The Kier molecular flexibility index (Phi) is 13.0. The monoisotopic (exact) mass is 427 g/mol. The van der Waals surface area contributed by atoms with Crippen LogP contribution in [0.4, 0.5) is 4.39 Å². The first-order chi connectivity index (χ1) is 15.2. The van der Waals surface area contributed by atoms with Crippen molar-refractivity contribution in [2.45, 2.75) is 104 Å². The minimum Gasteiger partial charge on any atom is -0.491 e. The van der Waals surface area contributed by atoms with Crippen LogP contribution in [0.1, 0.15) is 103 Å². The lowest BCUT2D eigenvalue weighted by molar-refractivity contribution is 0.290. The summed E-state index contributed by atoms with van der Waals surface area (Å²) in [6, 6.07) is 9.26. The second kappa shape index (κ2) is 15.8. The molecule has 0 saturated carbocycles. The average Bonchev–Trinajstić information content (AvgIpc) is 2.79. The van der Waals surface area contributed by atoms with Gasteiger partial charge in [0, 0.05) is 11.8 Å². The van der Waals surface area contributed by atoms with Crippen molar-refractivity contribution in [2.24, 2.45) is 0 Å². The molecule has 2 rings (SSSR count). The second-order valence-corrected chi connectivity index (χ2v) is 8.68. The Balaban J connectivity index is 1.66. The van der Waals surface area contributed by atoms with Gasteiger partial charge in [0.1, 0.15) is 0 Å². The third kappa shape index (κ3) is 10.3. The van der Waals surface area contributed by atoms with E-state index in [4.69, 9.17) is 4.74 Å². The molecule has 0 aliphatic rings. The number of unbranched alkanes of at least 4 members (excludes halogenated alkanes) is 11. The van der Waals surface area contributed by atoms with E-state index in [9.17, 15) is 4.39 Å². The number of pyridine rings is 1. The van der Waals surface area contributed by atoms with Gasteiger partial charge in [-0.2, -0.15) is 0 Å². The largest absolute Gasteiger partial charge is 0.491 e. The van der Waals surface area contributed by atoms with Crippen molar-refractivity contribution in [3.8, 4) is 17.0 Å². The van der Waals surface area contributed by atoms with Crippen LogP contribution >= 0.6 is 0 Å². The molecule has 0 saturated heterocycles. The maximum atomic E-state index is 14.5. The first-order valence-electron chi connectivity index (χ1n) is 12.6. The molecule has 0 aliphatic heterocycles. The van der Waals surface area contributed by atoms with Gasteiger partial charge in [-0.1, -0.05) is 90.5 Å². The van der Waals surface area contributed by atoms with Crippen LogP contribution in [0.5, 0.6) is 5.75 Å². The molecule has 0 bridgehead atoms. The summed E-state index contributed by atoms with van der Waals surface area (Å²) in [6.45, 7) is 5.05. The van der Waals surface area contributed by atoms with Gasteiger partial charge in [-0.15, -0.1) is 0 Å². The van der Waals surface area contributed by atoms with E-state index in [2.05, 4.69) is 24.9 Å². The second-order valence-electron chi connectivity index (χ2n) is 8.68. The molecule has 0 atom stereocenters. The Hall–Kier alpha value is -1.90. The molecule has 0 N–H and O–H groups in total. The highest BCUT2D eigenvalue weighted by Crippen LogP contribution is 2.25. The first-order valence-corrected chi connectivity index (χ1v) is 12.6. The zero-order valence-electron chi connectivity index (χ0n) is 19.8. The van der Waals surface area contributed by atoms with Crippen molar-refractivity contribution < 1.29 is 9.13 Å². The van der Waals surface area contributed by atoms with Crippen LogP contribution in [-0.2, 0) is 6.42 Å². The van der Waals surface area contributed by atoms with Gasteiger partial charge >= 0.3 is 0 Å². The molecular formula is C28H42FNO. The standard InChI is InChI=1S/C28H42FNO/c1-3-5-7-8-9-10-11-12-13-15-21-31-28-20-18-25(22-26(28)29)27-19-17-24(23-30-27)16-14-6-4-2/h17-20,22-23H,3-16,21H2,1-2H3. The fourth-order valence-corrected chi connectivity index (χ4v) is 3.87. The number of nitrogens with zero attached hydrogens (tertiary/aromatic N) is 1. The molecule has 1 aromatic carbocycles. The Labute approximate surface area is 189 Å². The smallest absolute Gasteiger partial charge is 0.165 e. The number of ether oxygens (including phenoxy) is 1. The number of aromatic nitrogens is 1. The number of hydrogen-bond donors (Lipinski definition) is 0. The Morgan fingerprint density at radius 1 is 0.742 bits per heavy atom. The van der Waals surface area contributed by atoms with Gasteiger partial charge in [-0.3, -0.25) is 4.98 Å². The molecular weight excluding hydrogens is 385 g/mol. The summed E-state index contributed by atoms with van der Waals surface area (Å²) in [5.41, 5.74) is 2.84. The zero-order chi connectivity index (χ0) is 22.2. The summed E-state index contributed by atoms with van der Waals surface area (Å²) in [5.74, 6) is 0.0364. The molecule has 172 valence electrons. The van der Waals surface area contributed by atoms with Gasteiger partial charge in [0.15, 0.2) is 11.6 Å². The Bertz CT molecular complexity index is 713. The van der Waals surface area contributed by atoms with Crippen molar-refractivity contribution in [2.75, 3.05) is 6.61 Å². The summed E-state index contributed by atoms with van der Waals surface area (Å²) >= 11 is 0. The summed E-state index contributed by atoms with van der Waals surface area (Å²) in [7, 11) is 0. The van der Waals surface area contributed by atoms with Crippen LogP contribution in [-0.4, -0.2) is 11.6 Å². The van der Waals surface area contributed by atoms with Gasteiger partial charge in [-0.25, -0.2) is 4.39 Å². The predicted molar refractivity (Wildman–Crippen MR) is 130 cm³/mol. The van der Waals surface area contributed by atoms with Gasteiger partial charge in [0.2, 0.25) is 0 Å². The maximum absolute atomic E-state index is 14.5. The molecule has 0 amide bonds. The van der Waals surface area contributed by atoms with Crippen LogP contribution in [0, 0.1) is 5.82 Å². The lowest BCUT2D eigenvalue weighted by Gasteiger charge is -2.09. The van der Waals surface area contributed by atoms with Gasteiger partial charge in [0.25, 0.3) is 0 Å². The highest BCUT2D eigenvalue weighted by atomic mass is 19.1. The normalized spacial score (nSPS) is 11.1. The van der Waals surface area contributed by atoms with E-state index in [1.165, 1.54) is 82.3 Å². The number of benzene rings is 1. The molecule has 0 spiro atoms. The van der Waals surface area contributed by atoms with Gasteiger partial charge in [0.05, 0.1) is 12.3 Å². The summed E-state index contributed by atoms with van der Waals surface area (Å²) in [4.78, 5) is 4.52. The third-order valence-electron chi connectivity index (χ3n) is 5.88. The van der Waals surface area contributed by atoms with Gasteiger partial charge in [-0.05, 0) is 49.1 Å². The minimum atomic E-state index is -0.307. The van der Waals surface area contributed by atoms with Crippen LogP contribution in [0.15, 0.2) is 36.5 Å². The fourth-order valence-electron chi connectivity index (χ4n) is 3.87. The van der Waals surface area contributed by atoms with E-state index < -0.39 is 0 Å². The van der Waals surface area contributed by atoms with Crippen LogP contribution in [0.3, 0.4) is 0 Å². The topological polar surface area (TPSA) is 22.1 Å². The van der Waals surface area contributed by atoms with Crippen molar-refractivity contribution in [3.63, 3.8) is 0 Å². The zero-order valence-corrected chi connectivity index (χ0v) is 19.8. The first kappa shape index (κ1) is 25.4. The third-order valence-corrected chi connectivity index (χ3v) is 5.88. The number of aryl methyl sites for hydroxylation is 1. The SMILES string of the molecule is CCCCCCCCCCCCOc1ccc(-c2ccc(CCCCC)cn2)cc1F. The fraction of sp³-hybridized carbons (Fsp3) is 0.607. The molecule has 0 fully saturated rings. The highest BCUT2D eigenvalue weighted by Gasteiger charge is 2.07. The molecule has 0 radical (unpaired) electrons. The molecule has 1 aromatic heterocycles. The van der Waals surface area contributed by atoms with Crippen molar-refractivity contribution in [3.05, 3.63) is 47.9 Å². The molecule has 1 heterocycles. The molecule has 31 heavy (non-hydrogen) atoms. The molecule has 2 aromatic rings. The Morgan fingerprint density at radius 3 is 2.00 bits per heavy atom. The lowest BCUT2D eigenvalue weighted by Crippen LogP contribution is -1.99. The number of halogens is 1. The van der Waals surface area contributed by atoms with Crippen LogP contribution in [0.25, 0.3) is 11.3 Å². The van der Waals surface area contributed by atoms with Crippen LogP contribution in [0.2, 0.25) is 0 Å². The van der Waals surface area contributed by atoms with E-state index in [-0.39, 0.29) is 5.82 Å².